The number of alkyl carbamates (subject to hydrolysis) is 1. The third-order valence-electron chi connectivity index (χ3n) is 3.23. The fraction of sp³-hybridized carbons (Fsp3) is 0.588. The van der Waals surface area contributed by atoms with E-state index in [9.17, 15) is 4.79 Å². The van der Waals surface area contributed by atoms with Crippen LogP contribution in [0.15, 0.2) is 18.2 Å². The molecule has 6 heteroatoms. The highest BCUT2D eigenvalue weighted by atomic mass is 35.5. The second-order valence-corrected chi connectivity index (χ2v) is 7.50. The average Bonchev–Trinajstić information content (AvgIpc) is 2.39. The van der Waals surface area contributed by atoms with Gasteiger partial charge >= 0.3 is 6.09 Å². The Morgan fingerprint density at radius 1 is 1.22 bits per heavy atom. The maximum absolute atomic E-state index is 11.7. The number of hydrogen-bond acceptors (Lipinski definition) is 3. The van der Waals surface area contributed by atoms with Crippen molar-refractivity contribution in [3.05, 3.63) is 33.8 Å². The molecule has 0 aliphatic carbocycles. The van der Waals surface area contributed by atoms with Crippen LogP contribution in [0.5, 0.6) is 0 Å². The van der Waals surface area contributed by atoms with E-state index in [1.807, 2.05) is 39.8 Å². The summed E-state index contributed by atoms with van der Waals surface area (Å²) in [5.74, 6) is 0. The van der Waals surface area contributed by atoms with Crippen molar-refractivity contribution < 1.29 is 9.53 Å². The van der Waals surface area contributed by atoms with Crippen LogP contribution < -0.4 is 10.6 Å². The lowest BCUT2D eigenvalue weighted by Gasteiger charge is -2.22. The quantitative estimate of drug-likeness (QED) is 0.754. The van der Waals surface area contributed by atoms with E-state index in [1.54, 1.807) is 6.07 Å². The Bertz CT molecular complexity index is 530. The van der Waals surface area contributed by atoms with Crippen LogP contribution in [0.1, 0.15) is 52.6 Å². The van der Waals surface area contributed by atoms with E-state index in [0.717, 1.165) is 18.5 Å². The summed E-state index contributed by atoms with van der Waals surface area (Å²) in [5, 5.41) is 7.34. The van der Waals surface area contributed by atoms with Crippen LogP contribution in [-0.4, -0.2) is 24.3 Å². The summed E-state index contributed by atoms with van der Waals surface area (Å²) in [5.41, 5.74) is 0.594. The number of hydrogen-bond donors (Lipinski definition) is 2. The van der Waals surface area contributed by atoms with E-state index < -0.39 is 5.60 Å². The van der Waals surface area contributed by atoms with Gasteiger partial charge in [0.25, 0.3) is 0 Å². The van der Waals surface area contributed by atoms with Gasteiger partial charge in [-0.05, 0) is 65.3 Å². The topological polar surface area (TPSA) is 50.4 Å². The van der Waals surface area contributed by atoms with E-state index in [1.165, 1.54) is 0 Å². The van der Waals surface area contributed by atoms with E-state index in [0.29, 0.717) is 10.0 Å². The molecule has 0 saturated carbocycles. The summed E-state index contributed by atoms with van der Waals surface area (Å²) in [6.07, 6.45) is 0.410. The first-order chi connectivity index (χ1) is 10.6. The van der Waals surface area contributed by atoms with Crippen LogP contribution in [0.3, 0.4) is 0 Å². The van der Waals surface area contributed by atoms with E-state index in [2.05, 4.69) is 17.6 Å². The monoisotopic (exact) mass is 360 g/mol. The minimum atomic E-state index is -0.482. The molecule has 1 aromatic carbocycles. The molecule has 0 fully saturated rings. The standard InChI is InChI=1S/C17H26Cl2N2O2/c1-11(21-16(22)23-17(3,4)5)8-9-20-12(2)13-6-7-14(18)15(19)10-13/h6-7,10-12,20H,8-9H2,1-5H3,(H,21,22). The summed E-state index contributed by atoms with van der Waals surface area (Å²) in [7, 11) is 0. The molecule has 0 spiro atoms. The van der Waals surface area contributed by atoms with Gasteiger partial charge in [-0.25, -0.2) is 4.79 Å². The van der Waals surface area contributed by atoms with Gasteiger partial charge in [-0.2, -0.15) is 0 Å². The molecule has 0 radical (unpaired) electrons. The van der Waals surface area contributed by atoms with Gasteiger partial charge in [0.2, 0.25) is 0 Å². The first kappa shape index (κ1) is 20.1. The second kappa shape index (κ2) is 8.76. The first-order valence-electron chi connectivity index (χ1n) is 7.76. The molecule has 0 aliphatic heterocycles. The van der Waals surface area contributed by atoms with Gasteiger partial charge in [-0.1, -0.05) is 29.3 Å². The van der Waals surface area contributed by atoms with Crippen molar-refractivity contribution in [2.45, 2.75) is 58.7 Å². The summed E-state index contributed by atoms with van der Waals surface area (Å²) in [6.45, 7) is 10.3. The van der Waals surface area contributed by atoms with Crippen LogP contribution in [0.4, 0.5) is 4.79 Å². The Kier molecular flexibility index (Phi) is 7.65. The Morgan fingerprint density at radius 2 is 1.87 bits per heavy atom. The summed E-state index contributed by atoms with van der Waals surface area (Å²) >= 11 is 12.0. The lowest BCUT2D eigenvalue weighted by molar-refractivity contribution is 0.0506. The zero-order valence-corrected chi connectivity index (χ0v) is 15.9. The maximum Gasteiger partial charge on any atom is 0.407 e. The average molecular weight is 361 g/mol. The number of carbonyl (C=O) groups is 1. The number of nitrogens with one attached hydrogen (secondary N) is 2. The van der Waals surface area contributed by atoms with Crippen LogP contribution in [0, 0.1) is 0 Å². The molecule has 0 saturated heterocycles. The van der Waals surface area contributed by atoms with E-state index >= 15 is 0 Å². The van der Waals surface area contributed by atoms with Gasteiger partial charge in [-0.3, -0.25) is 0 Å². The first-order valence-corrected chi connectivity index (χ1v) is 8.52. The number of benzene rings is 1. The highest BCUT2D eigenvalue weighted by molar-refractivity contribution is 6.42. The van der Waals surface area contributed by atoms with Crippen molar-refractivity contribution in [3.63, 3.8) is 0 Å². The van der Waals surface area contributed by atoms with Crippen molar-refractivity contribution in [1.82, 2.24) is 10.6 Å². The Labute approximate surface area is 148 Å². The van der Waals surface area contributed by atoms with Crippen molar-refractivity contribution in [2.24, 2.45) is 0 Å². The molecule has 1 amide bonds. The van der Waals surface area contributed by atoms with Gasteiger partial charge in [-0.15, -0.1) is 0 Å². The molecule has 2 atom stereocenters. The normalized spacial score (nSPS) is 14.2. The van der Waals surface area contributed by atoms with Gasteiger partial charge in [0.1, 0.15) is 5.60 Å². The maximum atomic E-state index is 11.7. The lowest BCUT2D eigenvalue weighted by atomic mass is 10.1. The van der Waals surface area contributed by atoms with E-state index in [-0.39, 0.29) is 18.2 Å². The van der Waals surface area contributed by atoms with Crippen molar-refractivity contribution in [1.29, 1.82) is 0 Å². The van der Waals surface area contributed by atoms with Crippen molar-refractivity contribution in [3.8, 4) is 0 Å². The molecule has 0 heterocycles. The van der Waals surface area contributed by atoms with Crippen molar-refractivity contribution >= 4 is 29.3 Å². The van der Waals surface area contributed by atoms with Crippen LogP contribution in [0.2, 0.25) is 10.0 Å². The van der Waals surface area contributed by atoms with Crippen molar-refractivity contribution in [2.75, 3.05) is 6.54 Å². The third-order valence-corrected chi connectivity index (χ3v) is 3.97. The summed E-state index contributed by atoms with van der Waals surface area (Å²) < 4.78 is 5.23. The lowest BCUT2D eigenvalue weighted by Crippen LogP contribution is -2.39. The summed E-state index contributed by atoms with van der Waals surface area (Å²) in [4.78, 5) is 11.7. The molecule has 0 aromatic heterocycles. The fourth-order valence-corrected chi connectivity index (χ4v) is 2.30. The number of amides is 1. The number of ether oxygens (including phenoxy) is 1. The minimum absolute atomic E-state index is 0.0263. The number of halogens is 2. The molecule has 2 unspecified atom stereocenters. The minimum Gasteiger partial charge on any atom is -0.444 e. The Balaban J connectivity index is 2.35. The SMILES string of the molecule is CC(CCNC(C)c1ccc(Cl)c(Cl)c1)NC(=O)OC(C)(C)C. The predicted molar refractivity (Wildman–Crippen MR) is 96.3 cm³/mol. The van der Waals surface area contributed by atoms with Crippen LogP contribution in [-0.2, 0) is 4.74 Å². The van der Waals surface area contributed by atoms with Gasteiger partial charge in [0.15, 0.2) is 0 Å². The predicted octanol–water partition coefficient (Wildman–Crippen LogP) is 4.95. The fourth-order valence-electron chi connectivity index (χ4n) is 2.00. The molecule has 0 bridgehead atoms. The molecule has 4 nitrogen and oxygen atoms in total. The number of carbonyl (C=O) groups excluding carboxylic acids is 1. The van der Waals surface area contributed by atoms with Crippen LogP contribution >= 0.6 is 23.2 Å². The molecule has 23 heavy (non-hydrogen) atoms. The highest BCUT2D eigenvalue weighted by Gasteiger charge is 2.17. The molecule has 0 aliphatic rings. The Hall–Kier alpha value is -0.970. The highest BCUT2D eigenvalue weighted by Crippen LogP contribution is 2.25. The molecule has 130 valence electrons. The summed E-state index contributed by atoms with van der Waals surface area (Å²) in [6, 6.07) is 5.79. The van der Waals surface area contributed by atoms with E-state index in [4.69, 9.17) is 27.9 Å². The molecule has 1 rings (SSSR count). The number of rotatable bonds is 6. The third kappa shape index (κ3) is 7.91. The molecule has 1 aromatic rings. The molecular formula is C17H26Cl2N2O2. The molecular weight excluding hydrogens is 335 g/mol. The zero-order chi connectivity index (χ0) is 17.6. The molecule has 2 N–H and O–H groups in total. The largest absolute Gasteiger partial charge is 0.444 e. The Morgan fingerprint density at radius 3 is 2.43 bits per heavy atom. The van der Waals surface area contributed by atoms with Gasteiger partial charge in [0, 0.05) is 12.1 Å². The van der Waals surface area contributed by atoms with Crippen LogP contribution in [0.25, 0.3) is 0 Å². The second-order valence-electron chi connectivity index (χ2n) is 6.69. The van der Waals surface area contributed by atoms with Gasteiger partial charge < -0.3 is 15.4 Å². The smallest absolute Gasteiger partial charge is 0.407 e. The van der Waals surface area contributed by atoms with Gasteiger partial charge in [0.05, 0.1) is 10.0 Å². The zero-order valence-electron chi connectivity index (χ0n) is 14.4.